The zero-order valence-electron chi connectivity index (χ0n) is 11.6. The first kappa shape index (κ1) is 15.9. The Hall–Kier alpha value is -1.52. The van der Waals surface area contributed by atoms with E-state index in [-0.39, 0.29) is 17.1 Å². The van der Waals surface area contributed by atoms with E-state index in [9.17, 15) is 13.2 Å². The molecule has 2 aromatic rings. The van der Waals surface area contributed by atoms with Crippen molar-refractivity contribution in [3.05, 3.63) is 70.0 Å². The lowest BCUT2D eigenvalue weighted by Gasteiger charge is -2.21. The SMILES string of the molecule is CC(NC(C)c1ccc(F)cc1F)c1ccc(Cl)c(F)c1. The van der Waals surface area contributed by atoms with Crippen molar-refractivity contribution in [1.29, 1.82) is 0 Å². The molecule has 0 radical (unpaired) electrons. The van der Waals surface area contributed by atoms with Crippen molar-refractivity contribution in [2.24, 2.45) is 0 Å². The summed E-state index contributed by atoms with van der Waals surface area (Å²) in [4.78, 5) is 0. The molecule has 0 aliphatic heterocycles. The fourth-order valence-corrected chi connectivity index (χ4v) is 2.31. The maximum Gasteiger partial charge on any atom is 0.142 e. The van der Waals surface area contributed by atoms with Crippen LogP contribution in [-0.4, -0.2) is 0 Å². The van der Waals surface area contributed by atoms with Gasteiger partial charge in [-0.2, -0.15) is 0 Å². The van der Waals surface area contributed by atoms with E-state index in [0.29, 0.717) is 11.1 Å². The molecular weight excluding hydrogens is 299 g/mol. The average Bonchev–Trinajstić information content (AvgIpc) is 2.41. The largest absolute Gasteiger partial charge is 0.304 e. The van der Waals surface area contributed by atoms with Gasteiger partial charge >= 0.3 is 0 Å². The van der Waals surface area contributed by atoms with Crippen molar-refractivity contribution < 1.29 is 13.2 Å². The maximum atomic E-state index is 13.7. The zero-order valence-corrected chi connectivity index (χ0v) is 12.4. The molecule has 0 bridgehead atoms. The lowest BCUT2D eigenvalue weighted by atomic mass is 10.0. The smallest absolute Gasteiger partial charge is 0.142 e. The number of halogens is 4. The first-order valence-electron chi connectivity index (χ1n) is 6.54. The van der Waals surface area contributed by atoms with Gasteiger partial charge < -0.3 is 5.32 Å². The highest BCUT2D eigenvalue weighted by atomic mass is 35.5. The van der Waals surface area contributed by atoms with Crippen LogP contribution in [-0.2, 0) is 0 Å². The van der Waals surface area contributed by atoms with E-state index in [2.05, 4.69) is 5.32 Å². The molecule has 0 amide bonds. The highest BCUT2D eigenvalue weighted by Gasteiger charge is 2.16. The van der Waals surface area contributed by atoms with Gasteiger partial charge in [0.25, 0.3) is 0 Å². The van der Waals surface area contributed by atoms with E-state index in [4.69, 9.17) is 11.6 Å². The van der Waals surface area contributed by atoms with Crippen LogP contribution >= 0.6 is 11.6 Å². The number of hydrogen-bond donors (Lipinski definition) is 1. The Morgan fingerprint density at radius 1 is 0.905 bits per heavy atom. The summed E-state index contributed by atoms with van der Waals surface area (Å²) in [5.41, 5.74) is 1.06. The summed E-state index contributed by atoms with van der Waals surface area (Å²) in [6.45, 7) is 3.60. The van der Waals surface area contributed by atoms with E-state index >= 15 is 0 Å². The van der Waals surface area contributed by atoms with Crippen molar-refractivity contribution in [1.82, 2.24) is 5.32 Å². The minimum atomic E-state index is -0.615. The van der Waals surface area contributed by atoms with Gasteiger partial charge in [0.1, 0.15) is 17.5 Å². The standard InChI is InChI=1S/C16H15ClF3N/c1-9(11-3-6-14(17)16(20)7-11)21-10(2)13-5-4-12(18)8-15(13)19/h3-10,21H,1-2H3. The minimum absolute atomic E-state index is 0.0589. The Morgan fingerprint density at radius 3 is 2.24 bits per heavy atom. The van der Waals surface area contributed by atoms with Crippen molar-refractivity contribution >= 4 is 11.6 Å². The number of rotatable bonds is 4. The third-order valence-electron chi connectivity index (χ3n) is 3.37. The number of nitrogens with one attached hydrogen (secondary N) is 1. The second-order valence-electron chi connectivity index (χ2n) is 4.95. The van der Waals surface area contributed by atoms with E-state index in [0.717, 1.165) is 6.07 Å². The Morgan fingerprint density at radius 2 is 1.62 bits per heavy atom. The summed E-state index contributed by atoms with van der Waals surface area (Å²) in [7, 11) is 0. The van der Waals surface area contributed by atoms with Gasteiger partial charge in [-0.3, -0.25) is 0 Å². The van der Waals surface area contributed by atoms with Crippen LogP contribution in [0.25, 0.3) is 0 Å². The molecule has 5 heteroatoms. The van der Waals surface area contributed by atoms with Crippen molar-refractivity contribution in [2.75, 3.05) is 0 Å². The number of hydrogen-bond acceptors (Lipinski definition) is 1. The van der Waals surface area contributed by atoms with Gasteiger partial charge in [-0.15, -0.1) is 0 Å². The third kappa shape index (κ3) is 3.77. The first-order chi connectivity index (χ1) is 9.88. The van der Waals surface area contributed by atoms with Crippen LogP contribution in [0, 0.1) is 17.5 Å². The fraction of sp³-hybridized carbons (Fsp3) is 0.250. The second kappa shape index (κ2) is 6.50. The van der Waals surface area contributed by atoms with E-state index < -0.39 is 17.5 Å². The van der Waals surface area contributed by atoms with E-state index in [1.807, 2.05) is 6.92 Å². The summed E-state index contributed by atoms with van der Waals surface area (Å²) >= 11 is 5.64. The lowest BCUT2D eigenvalue weighted by molar-refractivity contribution is 0.469. The molecule has 112 valence electrons. The molecule has 0 saturated heterocycles. The zero-order chi connectivity index (χ0) is 15.6. The van der Waals surface area contributed by atoms with Crippen molar-refractivity contribution in [2.45, 2.75) is 25.9 Å². The van der Waals surface area contributed by atoms with Crippen LogP contribution in [0.4, 0.5) is 13.2 Å². The van der Waals surface area contributed by atoms with Crippen molar-refractivity contribution in [3.8, 4) is 0 Å². The van der Waals surface area contributed by atoms with Crippen LogP contribution in [0.1, 0.15) is 37.1 Å². The molecule has 21 heavy (non-hydrogen) atoms. The van der Waals surface area contributed by atoms with Gasteiger partial charge in [0.2, 0.25) is 0 Å². The topological polar surface area (TPSA) is 12.0 Å². The lowest BCUT2D eigenvalue weighted by Crippen LogP contribution is -2.23. The van der Waals surface area contributed by atoms with E-state index in [1.54, 1.807) is 13.0 Å². The molecule has 1 nitrogen and oxygen atoms in total. The van der Waals surface area contributed by atoms with Gasteiger partial charge in [-0.25, -0.2) is 13.2 Å². The van der Waals surface area contributed by atoms with Gasteiger partial charge in [0.05, 0.1) is 5.02 Å². The predicted octanol–water partition coefficient (Wildman–Crippen LogP) is 5.17. The van der Waals surface area contributed by atoms with Gasteiger partial charge in [-0.05, 0) is 37.6 Å². The quantitative estimate of drug-likeness (QED) is 0.821. The van der Waals surface area contributed by atoms with E-state index in [1.165, 1.54) is 24.3 Å². The first-order valence-corrected chi connectivity index (χ1v) is 6.92. The molecule has 0 heterocycles. The molecule has 0 aliphatic rings. The van der Waals surface area contributed by atoms with Crippen LogP contribution in [0.5, 0.6) is 0 Å². The molecular formula is C16H15ClF3N. The average molecular weight is 314 g/mol. The minimum Gasteiger partial charge on any atom is -0.304 e. The van der Waals surface area contributed by atoms with Crippen molar-refractivity contribution in [3.63, 3.8) is 0 Å². The summed E-state index contributed by atoms with van der Waals surface area (Å²) in [6, 6.07) is 7.43. The normalized spacial score (nSPS) is 14.0. The molecule has 0 saturated carbocycles. The molecule has 0 aromatic heterocycles. The Balaban J connectivity index is 2.14. The van der Waals surface area contributed by atoms with Crippen LogP contribution in [0.3, 0.4) is 0 Å². The number of benzene rings is 2. The molecule has 2 atom stereocenters. The summed E-state index contributed by atoms with van der Waals surface area (Å²) in [5.74, 6) is -1.72. The molecule has 1 N–H and O–H groups in total. The second-order valence-corrected chi connectivity index (χ2v) is 5.36. The third-order valence-corrected chi connectivity index (χ3v) is 3.68. The predicted molar refractivity (Wildman–Crippen MR) is 77.7 cm³/mol. The van der Waals surface area contributed by atoms with Crippen LogP contribution < -0.4 is 5.32 Å². The monoisotopic (exact) mass is 313 g/mol. The van der Waals surface area contributed by atoms with Crippen LogP contribution in [0.2, 0.25) is 5.02 Å². The fourth-order valence-electron chi connectivity index (χ4n) is 2.20. The highest BCUT2D eigenvalue weighted by molar-refractivity contribution is 6.30. The Bertz CT molecular complexity index is 645. The maximum absolute atomic E-state index is 13.7. The van der Waals surface area contributed by atoms with Gasteiger partial charge in [0.15, 0.2) is 0 Å². The Kier molecular flexibility index (Phi) is 4.91. The molecule has 0 fully saturated rings. The molecule has 2 rings (SSSR count). The summed E-state index contributed by atoms with van der Waals surface area (Å²) in [6.07, 6.45) is 0. The Labute approximate surface area is 126 Å². The molecule has 0 aliphatic carbocycles. The van der Waals surface area contributed by atoms with Gasteiger partial charge in [0, 0.05) is 23.7 Å². The molecule has 0 spiro atoms. The van der Waals surface area contributed by atoms with Crippen LogP contribution in [0.15, 0.2) is 36.4 Å². The highest BCUT2D eigenvalue weighted by Crippen LogP contribution is 2.24. The van der Waals surface area contributed by atoms with Gasteiger partial charge in [-0.1, -0.05) is 23.7 Å². The molecule has 2 unspecified atom stereocenters. The molecule has 2 aromatic carbocycles. The summed E-state index contributed by atoms with van der Waals surface area (Å²) in [5, 5.41) is 3.21. The summed E-state index contributed by atoms with van der Waals surface area (Å²) < 4.78 is 40.1.